The van der Waals surface area contributed by atoms with Gasteiger partial charge < -0.3 is 10.2 Å². The van der Waals surface area contributed by atoms with Gasteiger partial charge in [0.05, 0.1) is 0 Å². The number of thiophene rings is 1. The van der Waals surface area contributed by atoms with Gasteiger partial charge in [-0.25, -0.2) is 0 Å². The van der Waals surface area contributed by atoms with Crippen LogP contribution >= 0.6 is 11.3 Å². The molecular weight excluding hydrogens is 308 g/mol. The van der Waals surface area contributed by atoms with Gasteiger partial charge in [-0.05, 0) is 48.6 Å². The first-order valence-electron chi connectivity index (χ1n) is 7.65. The Balaban J connectivity index is 1.67. The van der Waals surface area contributed by atoms with Crippen molar-refractivity contribution in [2.45, 2.75) is 19.3 Å². The van der Waals surface area contributed by atoms with E-state index in [9.17, 15) is 9.59 Å². The van der Waals surface area contributed by atoms with E-state index in [1.54, 1.807) is 22.3 Å². The standard InChI is InChI=1S/C18H18N2O2S/c21-17(10-9-16-7-4-12-23-16)19-14-5-3-6-15(13-14)20-11-2-1-8-18(20)22/h3-7,9-10,12-13H,1-2,8,11H2,(H,19,21)/b10-9+. The van der Waals surface area contributed by atoms with E-state index in [2.05, 4.69) is 5.32 Å². The molecule has 1 aromatic carbocycles. The smallest absolute Gasteiger partial charge is 0.248 e. The average molecular weight is 326 g/mol. The summed E-state index contributed by atoms with van der Waals surface area (Å²) in [6.07, 6.45) is 5.88. The van der Waals surface area contributed by atoms with Gasteiger partial charge in [-0.3, -0.25) is 9.59 Å². The number of rotatable bonds is 4. The highest BCUT2D eigenvalue weighted by Gasteiger charge is 2.19. The summed E-state index contributed by atoms with van der Waals surface area (Å²) in [6, 6.07) is 11.3. The number of nitrogens with one attached hydrogen (secondary N) is 1. The van der Waals surface area contributed by atoms with Crippen LogP contribution in [0.5, 0.6) is 0 Å². The van der Waals surface area contributed by atoms with Crippen LogP contribution in [0.15, 0.2) is 47.9 Å². The molecule has 1 aliphatic rings. The van der Waals surface area contributed by atoms with Crippen LogP contribution in [0.1, 0.15) is 24.1 Å². The molecule has 2 aromatic rings. The van der Waals surface area contributed by atoms with Gasteiger partial charge in [0.25, 0.3) is 0 Å². The summed E-state index contributed by atoms with van der Waals surface area (Å²) in [5.74, 6) is -0.0298. The molecule has 118 valence electrons. The lowest BCUT2D eigenvalue weighted by Gasteiger charge is -2.27. The summed E-state index contributed by atoms with van der Waals surface area (Å²) < 4.78 is 0. The van der Waals surface area contributed by atoms with Gasteiger partial charge in [-0.15, -0.1) is 11.3 Å². The minimum Gasteiger partial charge on any atom is -0.322 e. The van der Waals surface area contributed by atoms with Crippen LogP contribution in [0.3, 0.4) is 0 Å². The number of amides is 2. The predicted molar refractivity (Wildman–Crippen MR) is 94.6 cm³/mol. The van der Waals surface area contributed by atoms with Crippen molar-refractivity contribution in [2.24, 2.45) is 0 Å². The van der Waals surface area contributed by atoms with Crippen LogP contribution in [0, 0.1) is 0 Å². The molecule has 0 bridgehead atoms. The molecule has 23 heavy (non-hydrogen) atoms. The van der Waals surface area contributed by atoms with E-state index < -0.39 is 0 Å². The van der Waals surface area contributed by atoms with Crippen molar-refractivity contribution in [1.82, 2.24) is 0 Å². The normalized spacial score (nSPS) is 15.1. The fraction of sp³-hybridized carbons (Fsp3) is 0.222. The lowest BCUT2D eigenvalue weighted by atomic mass is 10.1. The molecule has 0 saturated carbocycles. The third-order valence-corrected chi connectivity index (χ3v) is 4.53. The Morgan fingerprint density at radius 3 is 2.91 bits per heavy atom. The first-order chi connectivity index (χ1) is 11.2. The maximum absolute atomic E-state index is 12.0. The molecule has 5 heteroatoms. The Morgan fingerprint density at radius 1 is 1.22 bits per heavy atom. The second-order valence-electron chi connectivity index (χ2n) is 5.39. The first kappa shape index (κ1) is 15.5. The van der Waals surface area contributed by atoms with Gasteiger partial charge in [0.1, 0.15) is 0 Å². The van der Waals surface area contributed by atoms with Crippen LogP contribution in [-0.4, -0.2) is 18.4 Å². The number of benzene rings is 1. The van der Waals surface area contributed by atoms with E-state index in [4.69, 9.17) is 0 Å². The van der Waals surface area contributed by atoms with Crippen molar-refractivity contribution in [3.05, 3.63) is 52.7 Å². The Hall–Kier alpha value is -2.40. The lowest BCUT2D eigenvalue weighted by molar-refractivity contribution is -0.119. The monoisotopic (exact) mass is 326 g/mol. The molecule has 0 atom stereocenters. The highest BCUT2D eigenvalue weighted by atomic mass is 32.1. The molecule has 0 radical (unpaired) electrons. The Bertz CT molecular complexity index is 722. The summed E-state index contributed by atoms with van der Waals surface area (Å²) in [5.41, 5.74) is 1.54. The fourth-order valence-corrected chi connectivity index (χ4v) is 3.18. The zero-order chi connectivity index (χ0) is 16.1. The molecule has 0 aliphatic carbocycles. The number of anilines is 2. The van der Waals surface area contributed by atoms with Crippen LogP contribution in [0.25, 0.3) is 6.08 Å². The molecule has 1 aromatic heterocycles. The van der Waals surface area contributed by atoms with E-state index >= 15 is 0 Å². The minimum atomic E-state index is -0.180. The van der Waals surface area contributed by atoms with Crippen LogP contribution in [0.4, 0.5) is 11.4 Å². The number of nitrogens with zero attached hydrogens (tertiary/aromatic N) is 1. The molecule has 1 fully saturated rings. The molecule has 1 N–H and O–H groups in total. The number of carbonyl (C=O) groups excluding carboxylic acids is 2. The SMILES string of the molecule is O=C(/C=C/c1cccs1)Nc1cccc(N2CCCCC2=O)c1. The summed E-state index contributed by atoms with van der Waals surface area (Å²) >= 11 is 1.58. The fourth-order valence-electron chi connectivity index (χ4n) is 2.56. The first-order valence-corrected chi connectivity index (χ1v) is 8.53. The highest BCUT2D eigenvalue weighted by Crippen LogP contribution is 2.24. The van der Waals surface area contributed by atoms with Crippen LogP contribution in [0.2, 0.25) is 0 Å². The van der Waals surface area contributed by atoms with E-state index in [0.717, 1.165) is 30.0 Å². The largest absolute Gasteiger partial charge is 0.322 e. The molecule has 3 rings (SSSR count). The second kappa shape index (κ2) is 7.24. The average Bonchev–Trinajstić information content (AvgIpc) is 3.07. The van der Waals surface area contributed by atoms with E-state index in [0.29, 0.717) is 12.1 Å². The molecule has 4 nitrogen and oxygen atoms in total. The van der Waals surface area contributed by atoms with Crippen LogP contribution < -0.4 is 10.2 Å². The summed E-state index contributed by atoms with van der Waals surface area (Å²) in [7, 11) is 0. The van der Waals surface area contributed by atoms with Gasteiger partial charge in [0.15, 0.2) is 0 Å². The highest BCUT2D eigenvalue weighted by molar-refractivity contribution is 7.10. The summed E-state index contributed by atoms with van der Waals surface area (Å²) in [5, 5.41) is 4.81. The van der Waals surface area contributed by atoms with Crippen LogP contribution in [-0.2, 0) is 9.59 Å². The molecule has 1 aliphatic heterocycles. The lowest BCUT2D eigenvalue weighted by Crippen LogP contribution is -2.35. The second-order valence-corrected chi connectivity index (χ2v) is 6.37. The van der Waals surface area contributed by atoms with Gasteiger partial charge in [-0.1, -0.05) is 12.1 Å². The molecule has 2 heterocycles. The quantitative estimate of drug-likeness (QED) is 0.866. The number of carbonyl (C=O) groups is 2. The van der Waals surface area contributed by atoms with E-state index in [1.807, 2.05) is 41.8 Å². The zero-order valence-corrected chi connectivity index (χ0v) is 13.5. The Kier molecular flexibility index (Phi) is 4.88. The van der Waals surface area contributed by atoms with Crippen molar-refractivity contribution < 1.29 is 9.59 Å². The Labute approximate surface area is 139 Å². The third-order valence-electron chi connectivity index (χ3n) is 3.69. The zero-order valence-electron chi connectivity index (χ0n) is 12.7. The van der Waals surface area contributed by atoms with Gasteiger partial charge in [-0.2, -0.15) is 0 Å². The summed E-state index contributed by atoms with van der Waals surface area (Å²) in [6.45, 7) is 0.745. The molecule has 0 spiro atoms. The number of hydrogen-bond acceptors (Lipinski definition) is 3. The maximum atomic E-state index is 12.0. The topological polar surface area (TPSA) is 49.4 Å². The maximum Gasteiger partial charge on any atom is 0.248 e. The summed E-state index contributed by atoms with van der Waals surface area (Å²) in [4.78, 5) is 26.8. The van der Waals surface area contributed by atoms with Gasteiger partial charge in [0.2, 0.25) is 11.8 Å². The minimum absolute atomic E-state index is 0.150. The molecule has 2 amide bonds. The van der Waals surface area contributed by atoms with E-state index in [-0.39, 0.29) is 11.8 Å². The molecule has 0 unspecified atom stereocenters. The number of piperidine rings is 1. The van der Waals surface area contributed by atoms with Crippen molar-refractivity contribution in [3.8, 4) is 0 Å². The van der Waals surface area contributed by atoms with Crippen molar-refractivity contribution in [1.29, 1.82) is 0 Å². The predicted octanol–water partition coefficient (Wildman–Crippen LogP) is 3.92. The van der Waals surface area contributed by atoms with Gasteiger partial charge in [0, 0.05) is 35.3 Å². The molecular formula is C18H18N2O2S. The Morgan fingerprint density at radius 2 is 2.13 bits per heavy atom. The molecule has 1 saturated heterocycles. The van der Waals surface area contributed by atoms with Crippen molar-refractivity contribution in [3.63, 3.8) is 0 Å². The number of hydrogen-bond donors (Lipinski definition) is 1. The van der Waals surface area contributed by atoms with Crippen molar-refractivity contribution in [2.75, 3.05) is 16.8 Å². The van der Waals surface area contributed by atoms with E-state index in [1.165, 1.54) is 6.08 Å². The third kappa shape index (κ3) is 4.07. The van der Waals surface area contributed by atoms with Crippen molar-refractivity contribution >= 4 is 40.6 Å². The van der Waals surface area contributed by atoms with Gasteiger partial charge >= 0.3 is 0 Å².